The second kappa shape index (κ2) is 12.3. The molecule has 136 valence electrons. The van der Waals surface area contributed by atoms with Crippen molar-refractivity contribution in [3.8, 4) is 6.07 Å². The topological polar surface area (TPSA) is 57.9 Å². The number of hydrogen-bond acceptors (Lipinski definition) is 3. The maximum atomic E-state index is 11.8. The molecule has 0 N–H and O–H groups in total. The predicted octanol–water partition coefficient (Wildman–Crippen LogP) is 5.17. The van der Waals surface area contributed by atoms with Crippen LogP contribution >= 0.6 is 0 Å². The number of sulfone groups is 1. The Balaban J connectivity index is 0.00000134. The van der Waals surface area contributed by atoms with Crippen molar-refractivity contribution in [1.29, 1.82) is 5.26 Å². The average Bonchev–Trinajstić information content (AvgIpc) is 2.65. The molecule has 0 bridgehead atoms. The monoisotopic (exact) mass is 359 g/mol. The molecule has 0 aliphatic carbocycles. The van der Waals surface area contributed by atoms with Crippen LogP contribution in [0.2, 0.25) is 0 Å². The van der Waals surface area contributed by atoms with Crippen LogP contribution in [-0.2, 0) is 9.84 Å². The van der Waals surface area contributed by atoms with Crippen molar-refractivity contribution in [2.75, 3.05) is 12.0 Å². The molecule has 0 saturated heterocycles. The van der Waals surface area contributed by atoms with Crippen molar-refractivity contribution < 1.29 is 8.42 Å². The summed E-state index contributed by atoms with van der Waals surface area (Å²) in [5.74, 6) is -0.888. The van der Waals surface area contributed by atoms with E-state index in [1.165, 1.54) is 6.26 Å². The third-order valence-electron chi connectivity index (χ3n) is 3.41. The van der Waals surface area contributed by atoms with E-state index in [9.17, 15) is 13.7 Å². The fraction of sp³-hybridized carbons (Fsp3) is 0.381. The second-order valence-electron chi connectivity index (χ2n) is 5.13. The first kappa shape index (κ1) is 22.9. The Morgan fingerprint density at radius 3 is 1.60 bits per heavy atom. The fourth-order valence-electron chi connectivity index (χ4n) is 2.47. The zero-order valence-corrected chi connectivity index (χ0v) is 16.6. The highest BCUT2D eigenvalue weighted by molar-refractivity contribution is 7.90. The normalized spacial score (nSPS) is 12.3. The van der Waals surface area contributed by atoms with Crippen LogP contribution in [0.5, 0.6) is 0 Å². The number of nitriles is 1. The predicted molar refractivity (Wildman–Crippen MR) is 106 cm³/mol. The lowest BCUT2D eigenvalue weighted by molar-refractivity contribution is 0.586. The molecule has 2 unspecified atom stereocenters. The number of nitrogens with zero attached hydrogens (tertiary/aromatic N) is 1. The van der Waals surface area contributed by atoms with Crippen molar-refractivity contribution in [3.63, 3.8) is 0 Å². The van der Waals surface area contributed by atoms with E-state index in [0.717, 1.165) is 11.1 Å². The van der Waals surface area contributed by atoms with E-state index in [1.54, 1.807) is 0 Å². The molecule has 0 aliphatic heterocycles. The molecular weight excluding hydrogens is 330 g/mol. The van der Waals surface area contributed by atoms with Gasteiger partial charge < -0.3 is 0 Å². The standard InChI is InChI=1S/C17H17NO2S.2C2H6/c1-21(19,20)13-17(15-10-6-3-7-11-15)16(12-18)14-8-4-2-5-9-14;2*1-2/h2-11,16-17H,13H2,1H3;2*1-2H3. The van der Waals surface area contributed by atoms with Gasteiger partial charge in [0.15, 0.2) is 0 Å². The van der Waals surface area contributed by atoms with Crippen molar-refractivity contribution in [2.24, 2.45) is 0 Å². The Morgan fingerprint density at radius 1 is 0.840 bits per heavy atom. The highest BCUT2D eigenvalue weighted by Crippen LogP contribution is 2.33. The summed E-state index contributed by atoms with van der Waals surface area (Å²) >= 11 is 0. The second-order valence-corrected chi connectivity index (χ2v) is 7.31. The molecule has 25 heavy (non-hydrogen) atoms. The molecule has 4 heteroatoms. The summed E-state index contributed by atoms with van der Waals surface area (Å²) in [6.07, 6.45) is 1.21. The summed E-state index contributed by atoms with van der Waals surface area (Å²) in [7, 11) is -3.19. The van der Waals surface area contributed by atoms with Gasteiger partial charge in [-0.05, 0) is 11.1 Å². The van der Waals surface area contributed by atoms with Gasteiger partial charge in [0.05, 0.1) is 17.7 Å². The van der Waals surface area contributed by atoms with Gasteiger partial charge in [0.25, 0.3) is 0 Å². The Labute approximate surface area is 153 Å². The molecule has 2 aromatic carbocycles. The van der Waals surface area contributed by atoms with Gasteiger partial charge >= 0.3 is 0 Å². The van der Waals surface area contributed by atoms with Crippen LogP contribution in [0.4, 0.5) is 0 Å². The summed E-state index contributed by atoms with van der Waals surface area (Å²) in [6.45, 7) is 8.00. The third-order valence-corrected chi connectivity index (χ3v) is 4.37. The lowest BCUT2D eigenvalue weighted by Gasteiger charge is -2.22. The maximum absolute atomic E-state index is 11.8. The van der Waals surface area contributed by atoms with Crippen LogP contribution in [-0.4, -0.2) is 20.4 Å². The first-order valence-electron chi connectivity index (χ1n) is 8.68. The van der Waals surface area contributed by atoms with Crippen LogP contribution in [0, 0.1) is 11.3 Å². The number of rotatable bonds is 5. The summed E-state index contributed by atoms with van der Waals surface area (Å²) in [6, 6.07) is 21.0. The van der Waals surface area contributed by atoms with Crippen LogP contribution in [0.3, 0.4) is 0 Å². The van der Waals surface area contributed by atoms with E-state index in [0.29, 0.717) is 0 Å². The Morgan fingerprint density at radius 2 is 1.24 bits per heavy atom. The zero-order valence-electron chi connectivity index (χ0n) is 15.8. The third kappa shape index (κ3) is 8.00. The molecule has 2 rings (SSSR count). The molecular formula is C21H29NO2S. The van der Waals surface area contributed by atoms with Crippen molar-refractivity contribution in [1.82, 2.24) is 0 Å². The van der Waals surface area contributed by atoms with Gasteiger partial charge in [0.1, 0.15) is 9.84 Å². The van der Waals surface area contributed by atoms with E-state index >= 15 is 0 Å². The Bertz CT molecular complexity index is 719. The van der Waals surface area contributed by atoms with E-state index in [-0.39, 0.29) is 11.7 Å². The van der Waals surface area contributed by atoms with E-state index in [1.807, 2.05) is 88.4 Å². The quantitative estimate of drug-likeness (QED) is 0.739. The van der Waals surface area contributed by atoms with Gasteiger partial charge in [-0.1, -0.05) is 88.4 Å². The summed E-state index contributed by atoms with van der Waals surface area (Å²) in [5.41, 5.74) is 1.72. The van der Waals surface area contributed by atoms with Gasteiger partial charge in [-0.15, -0.1) is 0 Å². The van der Waals surface area contributed by atoms with Crippen LogP contribution in [0.1, 0.15) is 50.7 Å². The first-order valence-corrected chi connectivity index (χ1v) is 10.7. The smallest absolute Gasteiger partial charge is 0.148 e. The van der Waals surface area contributed by atoms with E-state index < -0.39 is 15.8 Å². The van der Waals surface area contributed by atoms with Crippen LogP contribution < -0.4 is 0 Å². The number of hydrogen-bond donors (Lipinski definition) is 0. The molecule has 0 radical (unpaired) electrons. The lowest BCUT2D eigenvalue weighted by Crippen LogP contribution is -2.19. The average molecular weight is 360 g/mol. The summed E-state index contributed by atoms with van der Waals surface area (Å²) < 4.78 is 23.5. The van der Waals surface area contributed by atoms with Gasteiger partial charge in [-0.2, -0.15) is 5.26 Å². The maximum Gasteiger partial charge on any atom is 0.148 e. The Kier molecular flexibility index (Phi) is 11.2. The zero-order chi connectivity index (χ0) is 19.3. The van der Waals surface area contributed by atoms with Crippen LogP contribution in [0.25, 0.3) is 0 Å². The molecule has 2 atom stereocenters. The summed E-state index contributed by atoms with van der Waals surface area (Å²) in [4.78, 5) is 0. The minimum Gasteiger partial charge on any atom is -0.229 e. The summed E-state index contributed by atoms with van der Waals surface area (Å²) in [5, 5.41) is 9.56. The molecule has 0 saturated carbocycles. The minimum atomic E-state index is -3.19. The number of benzene rings is 2. The van der Waals surface area contributed by atoms with E-state index in [4.69, 9.17) is 0 Å². The van der Waals surface area contributed by atoms with Gasteiger partial charge in [-0.3, -0.25) is 0 Å². The van der Waals surface area contributed by atoms with Crippen molar-refractivity contribution in [2.45, 2.75) is 39.5 Å². The molecule has 2 aromatic rings. The lowest BCUT2D eigenvalue weighted by atomic mass is 9.83. The highest BCUT2D eigenvalue weighted by atomic mass is 32.2. The molecule has 3 nitrogen and oxygen atoms in total. The van der Waals surface area contributed by atoms with Gasteiger partial charge in [-0.25, -0.2) is 8.42 Å². The molecule has 0 heterocycles. The molecule has 0 aliphatic rings. The highest BCUT2D eigenvalue weighted by Gasteiger charge is 2.27. The largest absolute Gasteiger partial charge is 0.229 e. The Hall–Kier alpha value is -2.12. The van der Waals surface area contributed by atoms with Gasteiger partial charge in [0, 0.05) is 12.2 Å². The van der Waals surface area contributed by atoms with Crippen LogP contribution in [0.15, 0.2) is 60.7 Å². The van der Waals surface area contributed by atoms with Gasteiger partial charge in [0.2, 0.25) is 0 Å². The fourth-order valence-corrected chi connectivity index (χ4v) is 3.51. The first-order chi connectivity index (χ1) is 12.0. The minimum absolute atomic E-state index is 0.0376. The molecule has 0 amide bonds. The van der Waals surface area contributed by atoms with Crippen molar-refractivity contribution >= 4 is 9.84 Å². The molecule has 0 spiro atoms. The van der Waals surface area contributed by atoms with Crippen molar-refractivity contribution in [3.05, 3.63) is 71.8 Å². The molecule has 0 aromatic heterocycles. The van der Waals surface area contributed by atoms with E-state index in [2.05, 4.69) is 6.07 Å². The molecule has 0 fully saturated rings. The SMILES string of the molecule is CC.CC.CS(=O)(=O)CC(c1ccccc1)C(C#N)c1ccccc1.